The molecule has 3 aromatic rings. The number of benzene rings is 1. The summed E-state index contributed by atoms with van der Waals surface area (Å²) in [7, 11) is 0. The van der Waals surface area contributed by atoms with Crippen LogP contribution in [0.25, 0.3) is 11.5 Å². The van der Waals surface area contributed by atoms with Gasteiger partial charge in [-0.3, -0.25) is 9.59 Å². The van der Waals surface area contributed by atoms with Crippen LogP contribution in [-0.4, -0.2) is 30.2 Å². The Morgan fingerprint density at radius 1 is 1.28 bits per heavy atom. The van der Waals surface area contributed by atoms with Crippen LogP contribution in [0.5, 0.6) is 5.75 Å². The molecule has 1 amide bonds. The van der Waals surface area contributed by atoms with E-state index in [1.807, 2.05) is 19.1 Å². The van der Waals surface area contributed by atoms with E-state index in [4.69, 9.17) is 13.9 Å². The van der Waals surface area contributed by atoms with Crippen LogP contribution >= 0.6 is 0 Å². The van der Waals surface area contributed by atoms with Crippen LogP contribution in [0.1, 0.15) is 28.8 Å². The molecule has 1 aliphatic rings. The predicted octanol–water partition coefficient (Wildman–Crippen LogP) is 3.75. The number of carbonyl (C=O) groups excluding carboxylic acids is 1. The highest BCUT2D eigenvalue weighted by atomic mass is 16.5. The number of rotatable bonds is 6. The fraction of sp³-hybridized carbons (Fsp3) is 0.273. The lowest BCUT2D eigenvalue weighted by Crippen LogP contribution is -2.24. The highest BCUT2D eigenvalue weighted by Crippen LogP contribution is 2.27. The Morgan fingerprint density at radius 3 is 2.90 bits per heavy atom. The number of anilines is 1. The highest BCUT2D eigenvalue weighted by molar-refractivity contribution is 6.04. The maximum atomic E-state index is 12.7. The third-order valence-corrected chi connectivity index (χ3v) is 4.77. The topological polar surface area (TPSA) is 93.6 Å². The Labute approximate surface area is 167 Å². The molecule has 4 rings (SSSR count). The predicted molar refractivity (Wildman–Crippen MR) is 108 cm³/mol. The summed E-state index contributed by atoms with van der Waals surface area (Å²) in [6, 6.07) is 12.1. The van der Waals surface area contributed by atoms with Gasteiger partial charge in [0.2, 0.25) is 0 Å². The van der Waals surface area contributed by atoms with Crippen LogP contribution < -0.4 is 15.6 Å². The fourth-order valence-electron chi connectivity index (χ4n) is 3.23. The number of furan rings is 1. The lowest BCUT2D eigenvalue weighted by Gasteiger charge is -2.16. The van der Waals surface area contributed by atoms with E-state index in [9.17, 15) is 9.59 Å². The Hall–Kier alpha value is -3.32. The molecule has 1 saturated heterocycles. The van der Waals surface area contributed by atoms with Crippen LogP contribution in [0.15, 0.2) is 57.9 Å². The molecule has 1 aliphatic heterocycles. The Balaban J connectivity index is 1.51. The van der Waals surface area contributed by atoms with E-state index < -0.39 is 11.5 Å². The number of ether oxygens (including phenoxy) is 2. The minimum atomic E-state index is -0.511. The quantitative estimate of drug-likeness (QED) is 0.664. The number of hydrogen-bond donors (Lipinski definition) is 2. The maximum absolute atomic E-state index is 12.7. The van der Waals surface area contributed by atoms with Gasteiger partial charge in [0, 0.05) is 6.61 Å². The first kappa shape index (κ1) is 19.0. The average Bonchev–Trinajstić information content (AvgIpc) is 3.42. The van der Waals surface area contributed by atoms with Crippen molar-refractivity contribution in [2.24, 2.45) is 0 Å². The van der Waals surface area contributed by atoms with Gasteiger partial charge in [0.25, 0.3) is 11.5 Å². The smallest absolute Gasteiger partial charge is 0.261 e. The van der Waals surface area contributed by atoms with Gasteiger partial charge in [-0.25, -0.2) is 0 Å². The molecule has 0 radical (unpaired) electrons. The van der Waals surface area contributed by atoms with Crippen LogP contribution in [0.3, 0.4) is 0 Å². The summed E-state index contributed by atoms with van der Waals surface area (Å²) in [6.45, 7) is 3.12. The number of aryl methyl sites for hydroxylation is 1. The first-order chi connectivity index (χ1) is 14.1. The fourth-order valence-corrected chi connectivity index (χ4v) is 3.23. The third-order valence-electron chi connectivity index (χ3n) is 4.77. The Kier molecular flexibility index (Phi) is 5.48. The number of H-pyrrole nitrogens is 1. The number of amides is 1. The molecule has 7 heteroatoms. The van der Waals surface area contributed by atoms with E-state index in [1.165, 1.54) is 12.3 Å². The van der Waals surface area contributed by atoms with Gasteiger partial charge in [0.1, 0.15) is 23.7 Å². The van der Waals surface area contributed by atoms with E-state index in [0.29, 0.717) is 29.5 Å². The van der Waals surface area contributed by atoms with Gasteiger partial charge >= 0.3 is 0 Å². The number of carbonyl (C=O) groups is 1. The molecule has 1 aromatic carbocycles. The van der Waals surface area contributed by atoms with Crippen LogP contribution in [-0.2, 0) is 4.74 Å². The van der Waals surface area contributed by atoms with Gasteiger partial charge in [-0.05, 0) is 61.7 Å². The summed E-state index contributed by atoms with van der Waals surface area (Å²) in [5.74, 6) is 0.568. The largest absolute Gasteiger partial charge is 0.489 e. The number of hydrogen-bond acceptors (Lipinski definition) is 5. The molecule has 29 heavy (non-hydrogen) atoms. The van der Waals surface area contributed by atoms with Gasteiger partial charge in [0.15, 0.2) is 0 Å². The van der Waals surface area contributed by atoms with Gasteiger partial charge in [-0.1, -0.05) is 6.07 Å². The van der Waals surface area contributed by atoms with Gasteiger partial charge in [-0.2, -0.15) is 0 Å². The molecule has 0 spiro atoms. The van der Waals surface area contributed by atoms with Crippen molar-refractivity contribution in [2.45, 2.75) is 25.9 Å². The Bertz CT molecular complexity index is 1050. The average molecular weight is 394 g/mol. The second-order valence-corrected chi connectivity index (χ2v) is 6.99. The normalized spacial score (nSPS) is 16.0. The number of aromatic nitrogens is 1. The summed E-state index contributed by atoms with van der Waals surface area (Å²) in [5.41, 5.74) is 1.53. The van der Waals surface area contributed by atoms with Crippen molar-refractivity contribution in [1.29, 1.82) is 0 Å². The number of aromatic amines is 1. The number of nitrogens with one attached hydrogen (secondary N) is 2. The van der Waals surface area contributed by atoms with Crippen molar-refractivity contribution in [3.63, 3.8) is 0 Å². The zero-order valence-corrected chi connectivity index (χ0v) is 16.1. The van der Waals surface area contributed by atoms with E-state index in [0.717, 1.165) is 25.0 Å². The minimum absolute atomic E-state index is 0.00552. The second-order valence-electron chi connectivity index (χ2n) is 6.99. The third kappa shape index (κ3) is 4.41. The summed E-state index contributed by atoms with van der Waals surface area (Å²) >= 11 is 0. The van der Waals surface area contributed by atoms with E-state index in [-0.39, 0.29) is 11.7 Å². The van der Waals surface area contributed by atoms with Crippen molar-refractivity contribution < 1.29 is 18.7 Å². The number of pyridine rings is 1. The molecular weight excluding hydrogens is 372 g/mol. The standard InChI is InChI=1S/C22H22N2O5/c1-14-6-8-18(20(12-14)29-13-15-4-2-10-27-15)24-22(26)16-7-9-17(23-21(16)25)19-5-3-11-28-19/h3,5-9,11-12,15H,2,4,10,13H2,1H3,(H,23,25)(H,24,26). The molecule has 0 bridgehead atoms. The second kappa shape index (κ2) is 8.36. The van der Waals surface area contributed by atoms with Crippen molar-refractivity contribution in [3.8, 4) is 17.2 Å². The molecule has 1 atom stereocenters. The SMILES string of the molecule is Cc1ccc(NC(=O)c2ccc(-c3ccco3)[nH]c2=O)c(OCC2CCCO2)c1. The van der Waals surface area contributed by atoms with E-state index in [2.05, 4.69) is 10.3 Å². The van der Waals surface area contributed by atoms with Crippen molar-refractivity contribution >= 4 is 11.6 Å². The van der Waals surface area contributed by atoms with Gasteiger partial charge in [0.05, 0.1) is 23.7 Å². The zero-order chi connectivity index (χ0) is 20.2. The summed E-state index contributed by atoms with van der Waals surface area (Å²) in [6.07, 6.45) is 3.58. The molecular formula is C22H22N2O5. The monoisotopic (exact) mass is 394 g/mol. The zero-order valence-electron chi connectivity index (χ0n) is 16.1. The molecule has 0 saturated carbocycles. The van der Waals surface area contributed by atoms with E-state index in [1.54, 1.807) is 24.3 Å². The highest BCUT2D eigenvalue weighted by Gasteiger charge is 2.18. The van der Waals surface area contributed by atoms with Crippen molar-refractivity contribution in [2.75, 3.05) is 18.5 Å². The lowest BCUT2D eigenvalue weighted by molar-refractivity contribution is 0.0681. The summed E-state index contributed by atoms with van der Waals surface area (Å²) in [5, 5.41) is 2.78. The molecule has 2 N–H and O–H groups in total. The first-order valence-corrected chi connectivity index (χ1v) is 9.54. The summed E-state index contributed by atoms with van der Waals surface area (Å²) in [4.78, 5) is 27.8. The van der Waals surface area contributed by atoms with Gasteiger partial charge in [-0.15, -0.1) is 0 Å². The molecule has 150 valence electrons. The van der Waals surface area contributed by atoms with Gasteiger partial charge < -0.3 is 24.2 Å². The lowest BCUT2D eigenvalue weighted by atomic mass is 10.2. The minimum Gasteiger partial charge on any atom is -0.489 e. The molecule has 0 aliphatic carbocycles. The van der Waals surface area contributed by atoms with Crippen LogP contribution in [0, 0.1) is 6.92 Å². The van der Waals surface area contributed by atoms with Crippen LogP contribution in [0.4, 0.5) is 5.69 Å². The molecule has 3 heterocycles. The molecule has 1 unspecified atom stereocenters. The van der Waals surface area contributed by atoms with E-state index >= 15 is 0 Å². The first-order valence-electron chi connectivity index (χ1n) is 9.54. The molecule has 1 fully saturated rings. The maximum Gasteiger partial charge on any atom is 0.261 e. The van der Waals surface area contributed by atoms with Crippen molar-refractivity contribution in [1.82, 2.24) is 4.98 Å². The molecule has 7 nitrogen and oxygen atoms in total. The van der Waals surface area contributed by atoms with Crippen LogP contribution in [0.2, 0.25) is 0 Å². The summed E-state index contributed by atoms with van der Waals surface area (Å²) < 4.78 is 16.8. The Morgan fingerprint density at radius 2 is 2.17 bits per heavy atom. The molecule has 2 aromatic heterocycles. The van der Waals surface area contributed by atoms with Crippen molar-refractivity contribution in [3.05, 3.63) is 70.2 Å².